The molecule has 0 N–H and O–H groups in total. The molecule has 0 saturated heterocycles. The molecule has 1 aliphatic carbocycles. The number of hydrogen-bond acceptors (Lipinski definition) is 0. The zero-order chi connectivity index (χ0) is 12.2. The molecule has 2 aromatic carbocycles. The Balaban J connectivity index is 1.65. The summed E-state index contributed by atoms with van der Waals surface area (Å²) in [6.45, 7) is 0. The van der Waals surface area contributed by atoms with Gasteiger partial charge in [-0.1, -0.05) is 78.4 Å². The summed E-state index contributed by atoms with van der Waals surface area (Å²) in [6, 6.07) is 19.1. The van der Waals surface area contributed by atoms with E-state index in [1.807, 2.05) is 6.07 Å². The molecule has 0 aromatic heterocycles. The summed E-state index contributed by atoms with van der Waals surface area (Å²) in [6.07, 6.45) is 8.93. The summed E-state index contributed by atoms with van der Waals surface area (Å²) in [5.41, 5.74) is 5.62. The largest absolute Gasteiger partial charge is 0.0799 e. The van der Waals surface area contributed by atoms with Gasteiger partial charge in [-0.2, -0.15) is 0 Å². The fraction of sp³-hybridized carbons (Fsp3) is 0.111. The Morgan fingerprint density at radius 1 is 0.889 bits per heavy atom. The average molecular weight is 232 g/mol. The van der Waals surface area contributed by atoms with E-state index >= 15 is 0 Å². The molecule has 0 heterocycles. The quantitative estimate of drug-likeness (QED) is 0.717. The zero-order valence-electron chi connectivity index (χ0n) is 10.3. The van der Waals surface area contributed by atoms with Crippen LogP contribution in [0.15, 0.2) is 66.2 Å². The average Bonchev–Trinajstić information content (AvgIpc) is 2.82. The summed E-state index contributed by atoms with van der Waals surface area (Å²) in [5.74, 6) is 0. The van der Waals surface area contributed by atoms with E-state index in [9.17, 15) is 0 Å². The third kappa shape index (κ3) is 2.43. The maximum absolute atomic E-state index is 2.32. The van der Waals surface area contributed by atoms with Crippen molar-refractivity contribution < 1.29 is 0 Å². The van der Waals surface area contributed by atoms with E-state index < -0.39 is 0 Å². The Kier molecular flexibility index (Phi) is 3.10. The highest BCUT2D eigenvalue weighted by Gasteiger charge is 2.09. The van der Waals surface area contributed by atoms with Gasteiger partial charge in [-0.15, -0.1) is 0 Å². The van der Waals surface area contributed by atoms with Crippen molar-refractivity contribution in [3.63, 3.8) is 0 Å². The van der Waals surface area contributed by atoms with Crippen LogP contribution in [0.3, 0.4) is 0 Å². The van der Waals surface area contributed by atoms with Gasteiger partial charge >= 0.3 is 0 Å². The lowest BCUT2D eigenvalue weighted by Crippen LogP contribution is -1.82. The Hall–Kier alpha value is -2.08. The first-order valence-electron chi connectivity index (χ1n) is 6.41. The van der Waals surface area contributed by atoms with Crippen LogP contribution in [0.2, 0.25) is 0 Å². The van der Waals surface area contributed by atoms with Crippen molar-refractivity contribution in [1.82, 2.24) is 0 Å². The monoisotopic (exact) mass is 232 g/mol. The van der Waals surface area contributed by atoms with E-state index in [4.69, 9.17) is 0 Å². The molecule has 0 bridgehead atoms. The van der Waals surface area contributed by atoms with Crippen LogP contribution in [-0.4, -0.2) is 0 Å². The standard InChI is InChI=1S/C18H16/c1-2-7-15(8-3-1)9-6-10-16-13-17-11-4-5-12-18(17)14-16/h1-9,11-13H,10,14H2. The van der Waals surface area contributed by atoms with Crippen LogP contribution in [0, 0.1) is 0 Å². The summed E-state index contributed by atoms with van der Waals surface area (Å²) in [4.78, 5) is 0. The Morgan fingerprint density at radius 2 is 1.67 bits per heavy atom. The molecule has 0 nitrogen and oxygen atoms in total. The van der Waals surface area contributed by atoms with Crippen LogP contribution < -0.4 is 0 Å². The lowest BCUT2D eigenvalue weighted by Gasteiger charge is -1.97. The van der Waals surface area contributed by atoms with Gasteiger partial charge in [0.05, 0.1) is 0 Å². The highest BCUT2D eigenvalue weighted by molar-refractivity contribution is 5.64. The normalized spacial score (nSPS) is 13.7. The van der Waals surface area contributed by atoms with Crippen molar-refractivity contribution in [2.75, 3.05) is 0 Å². The molecule has 0 saturated carbocycles. The molecule has 1 aliphatic rings. The molecular formula is C18H16. The van der Waals surface area contributed by atoms with Crippen LogP contribution in [-0.2, 0) is 6.42 Å². The fourth-order valence-electron chi connectivity index (χ4n) is 2.39. The van der Waals surface area contributed by atoms with Crippen molar-refractivity contribution in [1.29, 1.82) is 0 Å². The van der Waals surface area contributed by atoms with Gasteiger partial charge in [0, 0.05) is 0 Å². The predicted molar refractivity (Wildman–Crippen MR) is 78.2 cm³/mol. The van der Waals surface area contributed by atoms with Crippen LogP contribution in [0.1, 0.15) is 23.1 Å². The second-order valence-corrected chi connectivity index (χ2v) is 4.70. The highest BCUT2D eigenvalue weighted by atomic mass is 14.1. The number of fused-ring (bicyclic) bond motifs is 1. The van der Waals surface area contributed by atoms with Crippen molar-refractivity contribution in [2.24, 2.45) is 0 Å². The first kappa shape index (κ1) is 11.0. The minimum Gasteiger partial charge on any atom is -0.0799 e. The maximum atomic E-state index is 2.32. The van der Waals surface area contributed by atoms with E-state index in [1.165, 1.54) is 22.3 Å². The molecule has 18 heavy (non-hydrogen) atoms. The molecule has 0 fully saturated rings. The van der Waals surface area contributed by atoms with Gasteiger partial charge in [-0.3, -0.25) is 0 Å². The van der Waals surface area contributed by atoms with E-state index in [0.29, 0.717) is 0 Å². The van der Waals surface area contributed by atoms with Crippen molar-refractivity contribution in [3.05, 3.63) is 82.9 Å². The Morgan fingerprint density at radius 3 is 2.50 bits per heavy atom. The van der Waals surface area contributed by atoms with Crippen LogP contribution in [0.25, 0.3) is 12.2 Å². The molecule has 0 radical (unpaired) electrons. The van der Waals surface area contributed by atoms with E-state index in [2.05, 4.69) is 66.8 Å². The fourth-order valence-corrected chi connectivity index (χ4v) is 2.39. The SMILES string of the molecule is C(=Cc1ccccc1)CC1=Cc2ccccc2C1. The molecule has 0 atom stereocenters. The van der Waals surface area contributed by atoms with Crippen molar-refractivity contribution in [2.45, 2.75) is 12.8 Å². The Bertz CT molecular complexity index is 588. The molecule has 0 amide bonds. The third-order valence-corrected chi connectivity index (χ3v) is 3.32. The van der Waals surface area contributed by atoms with E-state index in [0.717, 1.165) is 12.8 Å². The molecular weight excluding hydrogens is 216 g/mol. The Labute approximate surface area is 108 Å². The zero-order valence-corrected chi connectivity index (χ0v) is 10.3. The lowest BCUT2D eigenvalue weighted by atomic mass is 10.1. The minimum absolute atomic E-state index is 1.05. The van der Waals surface area contributed by atoms with Gasteiger partial charge in [0.1, 0.15) is 0 Å². The van der Waals surface area contributed by atoms with Gasteiger partial charge in [0.2, 0.25) is 0 Å². The molecule has 0 heteroatoms. The minimum atomic E-state index is 1.05. The molecule has 0 spiro atoms. The highest BCUT2D eigenvalue weighted by Crippen LogP contribution is 2.26. The number of allylic oxidation sites excluding steroid dienone is 2. The van der Waals surface area contributed by atoms with Crippen molar-refractivity contribution >= 4 is 12.2 Å². The summed E-state index contributed by atoms with van der Waals surface area (Å²) in [7, 11) is 0. The van der Waals surface area contributed by atoms with Crippen LogP contribution in [0.4, 0.5) is 0 Å². The first-order chi connectivity index (χ1) is 8.92. The van der Waals surface area contributed by atoms with Gasteiger partial charge in [0.25, 0.3) is 0 Å². The summed E-state index contributed by atoms with van der Waals surface area (Å²) in [5, 5.41) is 0. The molecule has 0 unspecified atom stereocenters. The summed E-state index contributed by atoms with van der Waals surface area (Å²) >= 11 is 0. The molecule has 3 rings (SSSR count). The molecule has 2 aromatic rings. The smallest absolute Gasteiger partial charge is 0.00547 e. The van der Waals surface area contributed by atoms with E-state index in [1.54, 1.807) is 0 Å². The van der Waals surface area contributed by atoms with Crippen LogP contribution >= 0.6 is 0 Å². The molecule has 0 aliphatic heterocycles. The van der Waals surface area contributed by atoms with Gasteiger partial charge in [-0.25, -0.2) is 0 Å². The third-order valence-electron chi connectivity index (χ3n) is 3.32. The van der Waals surface area contributed by atoms with Crippen LogP contribution in [0.5, 0.6) is 0 Å². The predicted octanol–water partition coefficient (Wildman–Crippen LogP) is 4.73. The maximum Gasteiger partial charge on any atom is -0.00547 e. The van der Waals surface area contributed by atoms with Crippen molar-refractivity contribution in [3.8, 4) is 0 Å². The second-order valence-electron chi connectivity index (χ2n) is 4.70. The van der Waals surface area contributed by atoms with Gasteiger partial charge in [0.15, 0.2) is 0 Å². The first-order valence-corrected chi connectivity index (χ1v) is 6.41. The van der Waals surface area contributed by atoms with Gasteiger partial charge in [-0.05, 0) is 29.5 Å². The number of benzene rings is 2. The topological polar surface area (TPSA) is 0 Å². The molecule has 88 valence electrons. The van der Waals surface area contributed by atoms with E-state index in [-0.39, 0.29) is 0 Å². The number of hydrogen-bond donors (Lipinski definition) is 0. The number of rotatable bonds is 3. The van der Waals surface area contributed by atoms with Gasteiger partial charge < -0.3 is 0 Å². The lowest BCUT2D eigenvalue weighted by molar-refractivity contribution is 1.11. The second kappa shape index (κ2) is 5.05. The summed E-state index contributed by atoms with van der Waals surface area (Å²) < 4.78 is 0.